The maximum absolute atomic E-state index is 12.3. The molecule has 2 N–H and O–H groups in total. The SMILES string of the molecule is COC(=O)C(C)(CON)C(F)(F)F. The van der Waals surface area contributed by atoms with Crippen LogP contribution in [0, 0.1) is 5.41 Å². The van der Waals surface area contributed by atoms with E-state index in [1.165, 1.54) is 0 Å². The summed E-state index contributed by atoms with van der Waals surface area (Å²) in [5.41, 5.74) is -2.71. The molecule has 13 heavy (non-hydrogen) atoms. The van der Waals surface area contributed by atoms with E-state index in [1.807, 2.05) is 0 Å². The molecule has 0 amide bonds. The van der Waals surface area contributed by atoms with E-state index in [2.05, 4.69) is 15.5 Å². The van der Waals surface area contributed by atoms with Gasteiger partial charge in [-0.15, -0.1) is 0 Å². The number of ether oxygens (including phenoxy) is 1. The molecule has 0 radical (unpaired) electrons. The maximum Gasteiger partial charge on any atom is 0.406 e. The fourth-order valence-corrected chi connectivity index (χ4v) is 0.648. The zero-order valence-electron chi connectivity index (χ0n) is 7.14. The van der Waals surface area contributed by atoms with Gasteiger partial charge in [0.1, 0.15) is 0 Å². The Bertz CT molecular complexity index is 194. The van der Waals surface area contributed by atoms with E-state index in [0.29, 0.717) is 6.92 Å². The molecule has 0 saturated carbocycles. The number of methoxy groups -OCH3 is 1. The highest BCUT2D eigenvalue weighted by Gasteiger charge is 2.58. The van der Waals surface area contributed by atoms with Gasteiger partial charge in [-0.2, -0.15) is 13.2 Å². The molecular formula is C6H10F3NO3. The maximum atomic E-state index is 12.3. The van der Waals surface area contributed by atoms with Crippen LogP contribution >= 0.6 is 0 Å². The lowest BCUT2D eigenvalue weighted by Crippen LogP contribution is -2.47. The molecule has 0 bridgehead atoms. The molecule has 78 valence electrons. The fourth-order valence-electron chi connectivity index (χ4n) is 0.648. The molecule has 0 rings (SSSR count). The highest BCUT2D eigenvalue weighted by molar-refractivity contribution is 5.77. The van der Waals surface area contributed by atoms with Gasteiger partial charge in [-0.3, -0.25) is 4.79 Å². The number of hydrogen-bond acceptors (Lipinski definition) is 4. The quantitative estimate of drug-likeness (QED) is 0.537. The number of alkyl halides is 3. The van der Waals surface area contributed by atoms with Crippen LogP contribution < -0.4 is 5.90 Å². The van der Waals surface area contributed by atoms with Crippen molar-refractivity contribution in [2.24, 2.45) is 11.3 Å². The van der Waals surface area contributed by atoms with Crippen molar-refractivity contribution in [1.82, 2.24) is 0 Å². The minimum atomic E-state index is -4.75. The molecule has 0 aromatic heterocycles. The molecule has 0 aromatic carbocycles. The van der Waals surface area contributed by atoms with E-state index >= 15 is 0 Å². The minimum Gasteiger partial charge on any atom is -0.468 e. The van der Waals surface area contributed by atoms with Crippen LogP contribution in [0.2, 0.25) is 0 Å². The van der Waals surface area contributed by atoms with Gasteiger partial charge in [-0.05, 0) is 6.92 Å². The predicted octanol–water partition coefficient (Wildman–Crippen LogP) is 0.618. The average molecular weight is 201 g/mol. The minimum absolute atomic E-state index is 0.658. The Morgan fingerprint density at radius 1 is 1.46 bits per heavy atom. The van der Waals surface area contributed by atoms with Crippen molar-refractivity contribution in [2.75, 3.05) is 13.7 Å². The number of halogens is 3. The molecule has 7 heteroatoms. The topological polar surface area (TPSA) is 61.5 Å². The van der Waals surface area contributed by atoms with Gasteiger partial charge >= 0.3 is 12.1 Å². The molecule has 0 heterocycles. The standard InChI is InChI=1S/C6H10F3NO3/c1-5(3-13-10,4(11)12-2)6(7,8)9/h3,10H2,1-2H3. The third-order valence-electron chi connectivity index (χ3n) is 1.63. The summed E-state index contributed by atoms with van der Waals surface area (Å²) in [6, 6.07) is 0. The fraction of sp³-hybridized carbons (Fsp3) is 0.833. The summed E-state index contributed by atoms with van der Waals surface area (Å²) >= 11 is 0. The molecule has 0 spiro atoms. The Balaban J connectivity index is 4.83. The van der Waals surface area contributed by atoms with Gasteiger partial charge in [0.25, 0.3) is 0 Å². The van der Waals surface area contributed by atoms with Crippen LogP contribution in [0.3, 0.4) is 0 Å². The first-order valence-corrected chi connectivity index (χ1v) is 3.26. The van der Waals surface area contributed by atoms with Gasteiger partial charge in [0.05, 0.1) is 13.7 Å². The van der Waals surface area contributed by atoms with Crippen molar-refractivity contribution in [1.29, 1.82) is 0 Å². The van der Waals surface area contributed by atoms with Crippen LogP contribution in [-0.2, 0) is 14.4 Å². The Morgan fingerprint density at radius 2 is 1.92 bits per heavy atom. The van der Waals surface area contributed by atoms with Crippen LogP contribution in [-0.4, -0.2) is 25.9 Å². The summed E-state index contributed by atoms with van der Waals surface area (Å²) < 4.78 is 40.9. The van der Waals surface area contributed by atoms with Gasteiger partial charge in [0, 0.05) is 0 Å². The van der Waals surface area contributed by atoms with E-state index in [0.717, 1.165) is 7.11 Å². The highest BCUT2D eigenvalue weighted by Crippen LogP contribution is 2.38. The number of rotatable bonds is 3. The first-order valence-electron chi connectivity index (χ1n) is 3.26. The normalized spacial score (nSPS) is 16.5. The van der Waals surface area contributed by atoms with E-state index in [4.69, 9.17) is 0 Å². The van der Waals surface area contributed by atoms with Crippen LogP contribution in [0.15, 0.2) is 0 Å². The summed E-state index contributed by atoms with van der Waals surface area (Å²) in [5, 5.41) is 0. The molecule has 1 atom stereocenters. The second-order valence-corrected chi connectivity index (χ2v) is 2.63. The van der Waals surface area contributed by atoms with Crippen molar-refractivity contribution in [3.8, 4) is 0 Å². The third kappa shape index (κ3) is 2.31. The summed E-state index contributed by atoms with van der Waals surface area (Å²) in [4.78, 5) is 14.6. The molecule has 0 aliphatic heterocycles. The van der Waals surface area contributed by atoms with Gasteiger partial charge in [0.15, 0.2) is 5.41 Å². The summed E-state index contributed by atoms with van der Waals surface area (Å²) in [5.74, 6) is 3.07. The van der Waals surface area contributed by atoms with Crippen molar-refractivity contribution < 1.29 is 27.5 Å². The lowest BCUT2D eigenvalue weighted by atomic mass is 9.91. The molecule has 1 unspecified atom stereocenters. The molecule has 0 fully saturated rings. The third-order valence-corrected chi connectivity index (χ3v) is 1.63. The lowest BCUT2D eigenvalue weighted by Gasteiger charge is -2.27. The van der Waals surface area contributed by atoms with Gasteiger partial charge in [-0.25, -0.2) is 5.90 Å². The highest BCUT2D eigenvalue weighted by atomic mass is 19.4. The van der Waals surface area contributed by atoms with E-state index < -0.39 is 24.2 Å². The molecule has 0 aliphatic rings. The second-order valence-electron chi connectivity index (χ2n) is 2.63. The average Bonchev–Trinajstić information content (AvgIpc) is 2.01. The van der Waals surface area contributed by atoms with Gasteiger partial charge in [-0.1, -0.05) is 0 Å². The summed E-state index contributed by atoms with van der Waals surface area (Å²) in [6.45, 7) is -0.311. The number of hydrogen-bond donors (Lipinski definition) is 1. The lowest BCUT2D eigenvalue weighted by molar-refractivity contribution is -0.240. The predicted molar refractivity (Wildman–Crippen MR) is 36.3 cm³/mol. The molecule has 0 aliphatic carbocycles. The molecule has 4 nitrogen and oxygen atoms in total. The molecule has 0 aromatic rings. The van der Waals surface area contributed by atoms with Crippen molar-refractivity contribution in [3.05, 3.63) is 0 Å². The smallest absolute Gasteiger partial charge is 0.406 e. The zero-order chi connectivity index (χ0) is 10.7. The van der Waals surface area contributed by atoms with E-state index in [1.54, 1.807) is 0 Å². The van der Waals surface area contributed by atoms with Crippen LogP contribution in [0.25, 0.3) is 0 Å². The Morgan fingerprint density at radius 3 is 2.15 bits per heavy atom. The van der Waals surface area contributed by atoms with Gasteiger partial charge in [0.2, 0.25) is 0 Å². The van der Waals surface area contributed by atoms with Crippen LogP contribution in [0.5, 0.6) is 0 Å². The summed E-state index contributed by atoms with van der Waals surface area (Å²) in [7, 11) is 0.864. The first-order chi connectivity index (χ1) is 5.79. The Labute approximate surface area is 72.7 Å². The number of nitrogens with two attached hydrogens (primary N) is 1. The van der Waals surface area contributed by atoms with Crippen molar-refractivity contribution >= 4 is 5.97 Å². The molecular weight excluding hydrogens is 191 g/mol. The molecule has 0 saturated heterocycles. The van der Waals surface area contributed by atoms with E-state index in [-0.39, 0.29) is 0 Å². The number of carbonyl (C=O) groups is 1. The number of carbonyl (C=O) groups excluding carboxylic acids is 1. The van der Waals surface area contributed by atoms with E-state index in [9.17, 15) is 18.0 Å². The Hall–Kier alpha value is -0.820. The monoisotopic (exact) mass is 201 g/mol. The Kier molecular flexibility index (Phi) is 3.68. The second kappa shape index (κ2) is 3.93. The van der Waals surface area contributed by atoms with Crippen molar-refractivity contribution in [2.45, 2.75) is 13.1 Å². The zero-order valence-corrected chi connectivity index (χ0v) is 7.14. The van der Waals surface area contributed by atoms with Crippen LogP contribution in [0.4, 0.5) is 13.2 Å². The first kappa shape index (κ1) is 12.2. The summed E-state index contributed by atoms with van der Waals surface area (Å²) in [6.07, 6.45) is -4.75. The van der Waals surface area contributed by atoms with Crippen LogP contribution in [0.1, 0.15) is 6.92 Å². The van der Waals surface area contributed by atoms with Gasteiger partial charge < -0.3 is 9.57 Å². The largest absolute Gasteiger partial charge is 0.468 e. The van der Waals surface area contributed by atoms with Crippen molar-refractivity contribution in [3.63, 3.8) is 0 Å². The number of esters is 1.